The summed E-state index contributed by atoms with van der Waals surface area (Å²) >= 11 is 13.4. The molecule has 35 heavy (non-hydrogen) atoms. The van der Waals surface area contributed by atoms with Gasteiger partial charge in [0.1, 0.15) is 5.75 Å². The van der Waals surface area contributed by atoms with Gasteiger partial charge in [0.25, 0.3) is 5.91 Å². The monoisotopic (exact) mass is 535 g/mol. The van der Waals surface area contributed by atoms with Crippen LogP contribution in [0.15, 0.2) is 47.6 Å². The summed E-state index contributed by atoms with van der Waals surface area (Å²) < 4.78 is 7.09. The zero-order valence-electron chi connectivity index (χ0n) is 19.8. The molecule has 3 aromatic rings. The number of hydrogen-bond acceptors (Lipinski definition) is 6. The van der Waals surface area contributed by atoms with Gasteiger partial charge in [-0.15, -0.1) is 10.2 Å². The van der Waals surface area contributed by atoms with Gasteiger partial charge in [-0.1, -0.05) is 54.9 Å². The number of carbonyl (C=O) groups is 2. The molecule has 186 valence electrons. The van der Waals surface area contributed by atoms with E-state index in [1.807, 2.05) is 25.3 Å². The minimum atomic E-state index is -0.415. The predicted octanol–water partition coefficient (Wildman–Crippen LogP) is 5.47. The molecule has 8 nitrogen and oxygen atoms in total. The lowest BCUT2D eigenvalue weighted by Gasteiger charge is -2.22. The van der Waals surface area contributed by atoms with Crippen LogP contribution in [0.5, 0.6) is 5.75 Å². The summed E-state index contributed by atoms with van der Waals surface area (Å²) in [5.41, 5.74) is 0.976. The molecule has 1 aromatic heterocycles. The smallest absolute Gasteiger partial charge is 0.253 e. The van der Waals surface area contributed by atoms with Gasteiger partial charge in [0.2, 0.25) is 5.91 Å². The molecule has 2 aromatic carbocycles. The van der Waals surface area contributed by atoms with Crippen LogP contribution in [0.4, 0.5) is 5.69 Å². The van der Waals surface area contributed by atoms with E-state index in [-0.39, 0.29) is 28.5 Å². The molecular formula is C24H27Cl2N5O3S. The van der Waals surface area contributed by atoms with Crippen molar-refractivity contribution in [3.63, 3.8) is 0 Å². The van der Waals surface area contributed by atoms with Crippen LogP contribution in [-0.2, 0) is 11.3 Å². The Bertz CT molecular complexity index is 1200. The standard InChI is InChI=1S/C24H27Cl2N5O3S/c1-5-31-22(21(14(2)3)28-23(33)18-10-9-15(25)11-19(18)26)29-30-24(31)35-13-20(32)27-16-7-6-8-17(12-16)34-4/h6-12,14,21H,5,13H2,1-4H3,(H,27,32)(H,28,33)/t21-/m1/s1. The molecule has 0 unspecified atom stereocenters. The second-order valence-electron chi connectivity index (χ2n) is 7.97. The Balaban J connectivity index is 1.72. The number of anilines is 1. The number of halogens is 2. The van der Waals surface area contributed by atoms with E-state index in [4.69, 9.17) is 27.9 Å². The van der Waals surface area contributed by atoms with Gasteiger partial charge in [0.05, 0.1) is 29.5 Å². The summed E-state index contributed by atoms with van der Waals surface area (Å²) in [4.78, 5) is 25.4. The number of methoxy groups -OCH3 is 1. The summed E-state index contributed by atoms with van der Waals surface area (Å²) in [6.45, 7) is 6.50. The molecule has 0 saturated heterocycles. The summed E-state index contributed by atoms with van der Waals surface area (Å²) in [6.07, 6.45) is 0. The molecule has 2 N–H and O–H groups in total. The molecule has 1 heterocycles. The first kappa shape index (κ1) is 26.8. The first-order valence-electron chi connectivity index (χ1n) is 11.0. The van der Waals surface area contributed by atoms with E-state index in [2.05, 4.69) is 20.8 Å². The van der Waals surface area contributed by atoms with E-state index >= 15 is 0 Å². The second kappa shape index (κ2) is 12.3. The number of thioether (sulfide) groups is 1. The van der Waals surface area contributed by atoms with Gasteiger partial charge in [0, 0.05) is 23.3 Å². The first-order chi connectivity index (χ1) is 16.7. The van der Waals surface area contributed by atoms with Gasteiger partial charge < -0.3 is 19.9 Å². The van der Waals surface area contributed by atoms with Gasteiger partial charge >= 0.3 is 0 Å². The lowest BCUT2D eigenvalue weighted by Crippen LogP contribution is -2.34. The molecule has 0 aliphatic carbocycles. The number of hydrogen-bond donors (Lipinski definition) is 2. The molecule has 0 spiro atoms. The molecule has 0 aliphatic rings. The van der Waals surface area contributed by atoms with Gasteiger partial charge in [-0.05, 0) is 43.2 Å². The summed E-state index contributed by atoms with van der Waals surface area (Å²) in [5.74, 6) is 0.927. The third kappa shape index (κ3) is 6.90. The average Bonchev–Trinajstić information content (AvgIpc) is 3.23. The molecule has 3 rings (SSSR count). The summed E-state index contributed by atoms with van der Waals surface area (Å²) in [5, 5.41) is 15.8. The number of aromatic nitrogens is 3. The summed E-state index contributed by atoms with van der Waals surface area (Å²) in [7, 11) is 1.57. The minimum absolute atomic E-state index is 0.0220. The van der Waals surface area contributed by atoms with Crippen molar-refractivity contribution in [1.29, 1.82) is 0 Å². The number of amides is 2. The Morgan fingerprint density at radius 1 is 1.14 bits per heavy atom. The molecule has 0 aliphatic heterocycles. The van der Waals surface area contributed by atoms with Crippen LogP contribution in [-0.4, -0.2) is 39.4 Å². The average molecular weight is 536 g/mol. The normalized spacial score (nSPS) is 11.9. The van der Waals surface area contributed by atoms with E-state index in [0.29, 0.717) is 39.5 Å². The van der Waals surface area contributed by atoms with Crippen molar-refractivity contribution in [2.75, 3.05) is 18.2 Å². The van der Waals surface area contributed by atoms with Crippen molar-refractivity contribution < 1.29 is 14.3 Å². The zero-order chi connectivity index (χ0) is 25.5. The number of ether oxygens (including phenoxy) is 1. The van der Waals surface area contributed by atoms with E-state index < -0.39 is 6.04 Å². The maximum atomic E-state index is 12.9. The molecule has 2 amide bonds. The van der Waals surface area contributed by atoms with Crippen molar-refractivity contribution in [3.05, 3.63) is 63.9 Å². The van der Waals surface area contributed by atoms with E-state index in [9.17, 15) is 9.59 Å². The maximum Gasteiger partial charge on any atom is 0.253 e. The van der Waals surface area contributed by atoms with Gasteiger partial charge in [-0.3, -0.25) is 9.59 Å². The number of nitrogens with one attached hydrogen (secondary N) is 2. The van der Waals surface area contributed by atoms with E-state index in [1.165, 1.54) is 17.8 Å². The lowest BCUT2D eigenvalue weighted by molar-refractivity contribution is -0.113. The highest BCUT2D eigenvalue weighted by Crippen LogP contribution is 2.27. The van der Waals surface area contributed by atoms with Crippen molar-refractivity contribution in [1.82, 2.24) is 20.1 Å². The fourth-order valence-electron chi connectivity index (χ4n) is 3.38. The molecule has 0 fully saturated rings. The number of carbonyl (C=O) groups excluding carboxylic acids is 2. The lowest BCUT2D eigenvalue weighted by atomic mass is 10.0. The van der Waals surface area contributed by atoms with Crippen molar-refractivity contribution in [2.45, 2.75) is 38.5 Å². The zero-order valence-corrected chi connectivity index (χ0v) is 22.2. The highest BCUT2D eigenvalue weighted by atomic mass is 35.5. The van der Waals surface area contributed by atoms with Crippen LogP contribution in [0.3, 0.4) is 0 Å². The Morgan fingerprint density at radius 3 is 2.57 bits per heavy atom. The Labute approximate surface area is 218 Å². The topological polar surface area (TPSA) is 98.1 Å². The summed E-state index contributed by atoms with van der Waals surface area (Å²) in [6, 6.07) is 11.5. The molecule has 0 radical (unpaired) electrons. The van der Waals surface area contributed by atoms with Crippen molar-refractivity contribution >= 4 is 52.5 Å². The fourth-order valence-corrected chi connectivity index (χ4v) is 4.69. The fraction of sp³-hybridized carbons (Fsp3) is 0.333. The molecule has 0 saturated carbocycles. The molecule has 1 atom stereocenters. The van der Waals surface area contributed by atoms with Crippen LogP contribution in [0.25, 0.3) is 0 Å². The Morgan fingerprint density at radius 2 is 1.91 bits per heavy atom. The largest absolute Gasteiger partial charge is 0.497 e. The Kier molecular flexibility index (Phi) is 9.42. The van der Waals surface area contributed by atoms with E-state index in [1.54, 1.807) is 43.5 Å². The van der Waals surface area contributed by atoms with Gasteiger partial charge in [-0.2, -0.15) is 0 Å². The van der Waals surface area contributed by atoms with Gasteiger partial charge in [0.15, 0.2) is 11.0 Å². The Hall–Kier alpha value is -2.75. The first-order valence-corrected chi connectivity index (χ1v) is 12.7. The van der Waals surface area contributed by atoms with Crippen LogP contribution in [0, 0.1) is 5.92 Å². The van der Waals surface area contributed by atoms with Gasteiger partial charge in [-0.25, -0.2) is 0 Å². The van der Waals surface area contributed by atoms with Crippen molar-refractivity contribution in [2.24, 2.45) is 5.92 Å². The number of rotatable bonds is 10. The van der Waals surface area contributed by atoms with Crippen LogP contribution in [0.1, 0.15) is 43.0 Å². The highest BCUT2D eigenvalue weighted by Gasteiger charge is 2.27. The van der Waals surface area contributed by atoms with E-state index in [0.717, 1.165) is 0 Å². The molecular weight excluding hydrogens is 509 g/mol. The SMILES string of the molecule is CCn1c(SCC(=O)Nc2cccc(OC)c2)nnc1[C@H](NC(=O)c1ccc(Cl)cc1Cl)C(C)C. The quantitative estimate of drug-likeness (QED) is 0.334. The predicted molar refractivity (Wildman–Crippen MR) is 140 cm³/mol. The minimum Gasteiger partial charge on any atom is -0.497 e. The molecule has 11 heteroatoms. The van der Waals surface area contributed by atoms with Crippen LogP contribution >= 0.6 is 35.0 Å². The van der Waals surface area contributed by atoms with Crippen molar-refractivity contribution in [3.8, 4) is 5.75 Å². The van der Waals surface area contributed by atoms with Crippen LogP contribution in [0.2, 0.25) is 10.0 Å². The van der Waals surface area contributed by atoms with Crippen LogP contribution < -0.4 is 15.4 Å². The third-order valence-electron chi connectivity index (χ3n) is 5.15. The maximum absolute atomic E-state index is 12.9. The molecule has 0 bridgehead atoms. The number of nitrogens with zero attached hydrogens (tertiary/aromatic N) is 3. The highest BCUT2D eigenvalue weighted by molar-refractivity contribution is 7.99. The second-order valence-corrected chi connectivity index (χ2v) is 9.76. The third-order valence-corrected chi connectivity index (χ3v) is 6.67. The number of benzene rings is 2.